The lowest BCUT2D eigenvalue weighted by Crippen LogP contribution is -2.47. The van der Waals surface area contributed by atoms with E-state index in [0.717, 1.165) is 58.4 Å². The highest BCUT2D eigenvalue weighted by molar-refractivity contribution is 6.33. The molecule has 9 heteroatoms. The molecule has 3 N–H and O–H groups in total. The summed E-state index contributed by atoms with van der Waals surface area (Å²) in [6.07, 6.45) is 3.87. The van der Waals surface area contributed by atoms with Crippen molar-refractivity contribution in [2.45, 2.75) is 31.7 Å². The lowest BCUT2D eigenvalue weighted by atomic mass is 9.94. The van der Waals surface area contributed by atoms with Crippen LogP contribution in [0.3, 0.4) is 0 Å². The van der Waals surface area contributed by atoms with Crippen LogP contribution in [0.15, 0.2) is 12.1 Å². The Labute approximate surface area is 189 Å². The van der Waals surface area contributed by atoms with Crippen molar-refractivity contribution < 1.29 is 19.1 Å². The van der Waals surface area contributed by atoms with Crippen LogP contribution in [0.1, 0.15) is 36.0 Å². The molecule has 0 bridgehead atoms. The van der Waals surface area contributed by atoms with E-state index in [2.05, 4.69) is 10.2 Å². The number of piperidine rings is 2. The fourth-order valence-electron chi connectivity index (χ4n) is 4.38. The Morgan fingerprint density at radius 2 is 1.81 bits per heavy atom. The third-order valence-electron chi connectivity index (χ3n) is 6.24. The Kier molecular flexibility index (Phi) is 8.40. The maximum absolute atomic E-state index is 12.7. The Hall–Kier alpha value is -2.03. The van der Waals surface area contributed by atoms with E-state index in [0.29, 0.717) is 27.9 Å². The summed E-state index contributed by atoms with van der Waals surface area (Å²) in [4.78, 5) is 29.0. The second-order valence-corrected chi connectivity index (χ2v) is 8.79. The van der Waals surface area contributed by atoms with Crippen LogP contribution in [-0.4, -0.2) is 81.2 Å². The number of rotatable bonds is 7. The number of carbonyl (C=O) groups excluding carboxylic acids is 2. The van der Waals surface area contributed by atoms with E-state index in [1.54, 1.807) is 19.2 Å². The van der Waals surface area contributed by atoms with Crippen molar-refractivity contribution in [1.82, 2.24) is 15.1 Å². The highest BCUT2D eigenvalue weighted by Crippen LogP contribution is 2.29. The van der Waals surface area contributed by atoms with Gasteiger partial charge in [-0.1, -0.05) is 11.6 Å². The van der Waals surface area contributed by atoms with Crippen molar-refractivity contribution in [3.8, 4) is 5.75 Å². The Bertz CT molecular complexity index is 775. The molecule has 3 rings (SSSR count). The molecule has 0 aliphatic carbocycles. The minimum atomic E-state index is -0.190. The topological polar surface area (TPSA) is 97.1 Å². The van der Waals surface area contributed by atoms with Gasteiger partial charge in [-0.25, -0.2) is 0 Å². The number of nitrogens with zero attached hydrogens (tertiary/aromatic N) is 2. The van der Waals surface area contributed by atoms with Crippen LogP contribution in [0.4, 0.5) is 5.69 Å². The predicted molar refractivity (Wildman–Crippen MR) is 121 cm³/mol. The Morgan fingerprint density at radius 3 is 2.42 bits per heavy atom. The van der Waals surface area contributed by atoms with E-state index in [9.17, 15) is 9.59 Å². The van der Waals surface area contributed by atoms with Crippen LogP contribution in [0.25, 0.3) is 0 Å². The number of nitrogen functional groups attached to an aromatic ring is 1. The highest BCUT2D eigenvalue weighted by Gasteiger charge is 2.27. The largest absolute Gasteiger partial charge is 0.496 e. The summed E-state index contributed by atoms with van der Waals surface area (Å²) in [5.41, 5.74) is 6.59. The standard InChI is InChI=1S/C22H33ClN4O4/c1-30-14-21(28)27-9-3-15(4-10-27)13-26-7-5-16(6-8-26)25-22(29)17-11-18(23)19(24)12-20(17)31-2/h11-12,15-16H,3-10,13-14,24H2,1-2H3,(H,25,29). The van der Waals surface area contributed by atoms with Gasteiger partial charge in [-0.15, -0.1) is 0 Å². The number of halogens is 1. The molecule has 0 spiro atoms. The van der Waals surface area contributed by atoms with E-state index in [4.69, 9.17) is 26.8 Å². The number of ether oxygens (including phenoxy) is 2. The number of nitrogens with two attached hydrogens (primary N) is 1. The van der Waals surface area contributed by atoms with Gasteiger partial charge < -0.3 is 30.3 Å². The molecule has 2 saturated heterocycles. The number of amides is 2. The number of likely N-dealkylation sites (tertiary alicyclic amines) is 2. The molecule has 2 amide bonds. The van der Waals surface area contributed by atoms with Crippen LogP contribution in [0, 0.1) is 5.92 Å². The van der Waals surface area contributed by atoms with Gasteiger partial charge in [-0.2, -0.15) is 0 Å². The van der Waals surface area contributed by atoms with Gasteiger partial charge in [0.2, 0.25) is 5.91 Å². The highest BCUT2D eigenvalue weighted by atomic mass is 35.5. The molecule has 31 heavy (non-hydrogen) atoms. The molecule has 2 fully saturated rings. The van der Waals surface area contributed by atoms with Crippen LogP contribution < -0.4 is 15.8 Å². The number of hydrogen-bond acceptors (Lipinski definition) is 6. The van der Waals surface area contributed by atoms with Gasteiger partial charge in [0, 0.05) is 51.9 Å². The maximum Gasteiger partial charge on any atom is 0.255 e. The molecule has 1 aromatic carbocycles. The molecule has 0 atom stereocenters. The molecule has 1 aromatic rings. The summed E-state index contributed by atoms with van der Waals surface area (Å²) in [5.74, 6) is 0.924. The average Bonchev–Trinajstić information content (AvgIpc) is 2.77. The second kappa shape index (κ2) is 11.0. The van der Waals surface area contributed by atoms with Gasteiger partial charge in [-0.3, -0.25) is 9.59 Å². The van der Waals surface area contributed by atoms with Gasteiger partial charge in [0.05, 0.1) is 23.4 Å². The summed E-state index contributed by atoms with van der Waals surface area (Å²) < 4.78 is 10.2. The molecule has 172 valence electrons. The Morgan fingerprint density at radius 1 is 1.13 bits per heavy atom. The SMILES string of the molecule is COCC(=O)N1CCC(CN2CCC(NC(=O)c3cc(Cl)c(N)cc3OC)CC2)CC1. The van der Waals surface area contributed by atoms with E-state index in [-0.39, 0.29) is 24.5 Å². The van der Waals surface area contributed by atoms with E-state index < -0.39 is 0 Å². The minimum absolute atomic E-state index is 0.0801. The van der Waals surface area contributed by atoms with Crippen molar-refractivity contribution in [1.29, 1.82) is 0 Å². The number of methoxy groups -OCH3 is 2. The number of carbonyl (C=O) groups is 2. The van der Waals surface area contributed by atoms with Crippen LogP contribution >= 0.6 is 11.6 Å². The lowest BCUT2D eigenvalue weighted by molar-refractivity contribution is -0.136. The molecule has 0 aromatic heterocycles. The first-order valence-electron chi connectivity index (χ1n) is 10.8. The van der Waals surface area contributed by atoms with Gasteiger partial charge in [0.15, 0.2) is 0 Å². The lowest BCUT2D eigenvalue weighted by Gasteiger charge is -2.37. The van der Waals surface area contributed by atoms with Crippen molar-refractivity contribution in [2.75, 3.05) is 59.3 Å². The predicted octanol–water partition coefficient (Wildman–Crippen LogP) is 2.01. The Balaban J connectivity index is 1.43. The summed E-state index contributed by atoms with van der Waals surface area (Å²) >= 11 is 6.09. The third kappa shape index (κ3) is 6.24. The molecule has 8 nitrogen and oxygen atoms in total. The van der Waals surface area contributed by atoms with E-state index in [1.807, 2.05) is 4.90 Å². The third-order valence-corrected chi connectivity index (χ3v) is 6.57. The van der Waals surface area contributed by atoms with Gasteiger partial charge in [0.25, 0.3) is 5.91 Å². The first kappa shape index (κ1) is 23.6. The quantitative estimate of drug-likeness (QED) is 0.614. The average molecular weight is 453 g/mol. The zero-order valence-electron chi connectivity index (χ0n) is 18.4. The van der Waals surface area contributed by atoms with Gasteiger partial charge in [-0.05, 0) is 37.7 Å². The van der Waals surface area contributed by atoms with Crippen molar-refractivity contribution in [3.05, 3.63) is 22.7 Å². The number of benzene rings is 1. The summed E-state index contributed by atoms with van der Waals surface area (Å²) in [7, 11) is 3.06. The minimum Gasteiger partial charge on any atom is -0.496 e. The van der Waals surface area contributed by atoms with E-state index >= 15 is 0 Å². The van der Waals surface area contributed by atoms with Crippen LogP contribution in [-0.2, 0) is 9.53 Å². The summed E-state index contributed by atoms with van der Waals surface area (Å²) in [5, 5.41) is 3.45. The zero-order chi connectivity index (χ0) is 22.4. The smallest absolute Gasteiger partial charge is 0.255 e. The molecule has 2 heterocycles. The second-order valence-electron chi connectivity index (χ2n) is 8.38. The molecule has 2 aliphatic heterocycles. The normalized spacial score (nSPS) is 18.7. The van der Waals surface area contributed by atoms with Gasteiger partial charge in [0.1, 0.15) is 12.4 Å². The molecule has 0 saturated carbocycles. The molecular formula is C22H33ClN4O4. The summed E-state index contributed by atoms with van der Waals surface area (Å²) in [6, 6.07) is 3.26. The monoisotopic (exact) mass is 452 g/mol. The number of anilines is 1. The number of nitrogens with one attached hydrogen (secondary N) is 1. The fraction of sp³-hybridized carbons (Fsp3) is 0.636. The molecule has 0 unspecified atom stereocenters. The van der Waals surface area contributed by atoms with Crippen molar-refractivity contribution >= 4 is 29.1 Å². The van der Waals surface area contributed by atoms with Gasteiger partial charge >= 0.3 is 0 Å². The van der Waals surface area contributed by atoms with E-state index in [1.165, 1.54) is 7.11 Å². The van der Waals surface area contributed by atoms with Crippen LogP contribution in [0.2, 0.25) is 5.02 Å². The first-order chi connectivity index (χ1) is 14.9. The molecule has 0 radical (unpaired) electrons. The van der Waals surface area contributed by atoms with Crippen molar-refractivity contribution in [2.24, 2.45) is 5.92 Å². The summed E-state index contributed by atoms with van der Waals surface area (Å²) in [6.45, 7) is 4.74. The first-order valence-corrected chi connectivity index (χ1v) is 11.2. The molecular weight excluding hydrogens is 420 g/mol. The number of hydrogen-bond donors (Lipinski definition) is 2. The molecule has 2 aliphatic rings. The zero-order valence-corrected chi connectivity index (χ0v) is 19.1. The van der Waals surface area contributed by atoms with Crippen molar-refractivity contribution in [3.63, 3.8) is 0 Å². The maximum atomic E-state index is 12.7. The fourth-order valence-corrected chi connectivity index (χ4v) is 4.55. The van der Waals surface area contributed by atoms with Crippen LogP contribution in [0.5, 0.6) is 5.75 Å².